The zero-order valence-corrected chi connectivity index (χ0v) is 21.0. The summed E-state index contributed by atoms with van der Waals surface area (Å²) < 4.78 is 7.15. The molecule has 3 aromatic carbocycles. The second-order valence-corrected chi connectivity index (χ2v) is 10.7. The lowest BCUT2D eigenvalue weighted by Crippen LogP contribution is -2.44. The van der Waals surface area contributed by atoms with E-state index in [0.29, 0.717) is 17.3 Å². The van der Waals surface area contributed by atoms with Crippen molar-refractivity contribution in [1.29, 1.82) is 0 Å². The predicted molar refractivity (Wildman–Crippen MR) is 134 cm³/mol. The van der Waals surface area contributed by atoms with Gasteiger partial charge in [-0.15, -0.1) is 0 Å². The van der Waals surface area contributed by atoms with Gasteiger partial charge in [-0.1, -0.05) is 68.8 Å². The lowest BCUT2D eigenvalue weighted by molar-refractivity contribution is -0.147. The van der Waals surface area contributed by atoms with Crippen LogP contribution in [0.25, 0.3) is 10.8 Å². The molecule has 1 aliphatic heterocycles. The van der Waals surface area contributed by atoms with Crippen LogP contribution in [0.5, 0.6) is 0 Å². The second-order valence-electron chi connectivity index (χ2n) is 9.48. The van der Waals surface area contributed by atoms with E-state index in [1.165, 1.54) is 0 Å². The molecule has 3 aromatic rings. The quantitative estimate of drug-likeness (QED) is 0.413. The maximum absolute atomic E-state index is 13.6. The highest BCUT2D eigenvalue weighted by molar-refractivity contribution is 9.10. The van der Waals surface area contributed by atoms with Crippen LogP contribution >= 0.6 is 27.5 Å². The van der Waals surface area contributed by atoms with E-state index in [4.69, 9.17) is 16.3 Å². The molecule has 172 valence electrons. The molecule has 0 saturated carbocycles. The Kier molecular flexibility index (Phi) is 6.54. The molecule has 0 spiro atoms. The van der Waals surface area contributed by atoms with Crippen molar-refractivity contribution in [2.45, 2.75) is 39.4 Å². The second kappa shape index (κ2) is 9.09. The molecule has 1 amide bonds. The van der Waals surface area contributed by atoms with Crippen molar-refractivity contribution in [3.05, 3.63) is 75.2 Å². The minimum atomic E-state index is -1.14. The number of rotatable bonds is 4. The Bertz CT molecular complexity index is 1240. The van der Waals surface area contributed by atoms with E-state index < -0.39 is 24.6 Å². The molecule has 1 heterocycles. The van der Waals surface area contributed by atoms with E-state index in [-0.39, 0.29) is 11.3 Å². The summed E-state index contributed by atoms with van der Waals surface area (Å²) in [5, 5.41) is 12.1. The van der Waals surface area contributed by atoms with Crippen LogP contribution in [0.1, 0.15) is 44.4 Å². The minimum absolute atomic E-state index is 0.219. The van der Waals surface area contributed by atoms with Gasteiger partial charge in [0, 0.05) is 32.9 Å². The highest BCUT2D eigenvalue weighted by Gasteiger charge is 2.39. The Labute approximate surface area is 206 Å². The third-order valence-electron chi connectivity index (χ3n) is 5.57. The summed E-state index contributed by atoms with van der Waals surface area (Å²) in [5.41, 5.74) is 1.99. The Hall–Kier alpha value is -2.41. The Morgan fingerprint density at radius 3 is 2.55 bits per heavy atom. The maximum Gasteiger partial charge on any atom is 0.306 e. The number of aliphatic carboxylic acids is 1. The largest absolute Gasteiger partial charge is 0.481 e. The lowest BCUT2D eigenvalue weighted by atomic mass is 9.93. The summed E-state index contributed by atoms with van der Waals surface area (Å²) in [4.78, 5) is 26.9. The number of ether oxygens (including phenoxy) is 1. The van der Waals surface area contributed by atoms with Gasteiger partial charge in [0.25, 0.3) is 5.91 Å². The number of carboxylic acids is 1. The smallest absolute Gasteiger partial charge is 0.306 e. The molecule has 1 aliphatic rings. The summed E-state index contributed by atoms with van der Waals surface area (Å²) in [6.45, 7) is 6.51. The fourth-order valence-corrected chi connectivity index (χ4v) is 5.08. The van der Waals surface area contributed by atoms with E-state index in [1.54, 1.807) is 17.0 Å². The van der Waals surface area contributed by atoms with Gasteiger partial charge in [0.15, 0.2) is 0 Å². The number of amides is 1. The highest BCUT2D eigenvalue weighted by atomic mass is 79.9. The monoisotopic (exact) mass is 529 g/mol. The fraction of sp³-hybridized carbons (Fsp3) is 0.308. The van der Waals surface area contributed by atoms with Crippen LogP contribution < -0.4 is 4.90 Å². The molecule has 0 unspecified atom stereocenters. The molecule has 2 atom stereocenters. The Morgan fingerprint density at radius 2 is 1.85 bits per heavy atom. The van der Waals surface area contributed by atoms with Crippen LogP contribution in [-0.2, 0) is 14.3 Å². The first-order valence-electron chi connectivity index (χ1n) is 10.7. The van der Waals surface area contributed by atoms with Gasteiger partial charge in [0.2, 0.25) is 0 Å². The van der Waals surface area contributed by atoms with Gasteiger partial charge in [0.1, 0.15) is 12.2 Å². The topological polar surface area (TPSA) is 66.8 Å². The minimum Gasteiger partial charge on any atom is -0.481 e. The SMILES string of the molecule is CC(C)(C)CN1C(=O)[C@H](CC(=O)O)O[C@@H](c2ccc3ccccc3c2Br)c2cc(Cl)ccc21. The first-order chi connectivity index (χ1) is 15.5. The summed E-state index contributed by atoms with van der Waals surface area (Å²) in [6, 6.07) is 17.3. The van der Waals surface area contributed by atoms with Gasteiger partial charge in [0.05, 0.1) is 6.42 Å². The van der Waals surface area contributed by atoms with Crippen LogP contribution in [0.2, 0.25) is 5.02 Å². The van der Waals surface area contributed by atoms with Gasteiger partial charge in [-0.25, -0.2) is 0 Å². The van der Waals surface area contributed by atoms with Crippen molar-refractivity contribution in [3.8, 4) is 0 Å². The van der Waals surface area contributed by atoms with E-state index in [0.717, 1.165) is 26.4 Å². The molecule has 0 aromatic heterocycles. The molecule has 0 bridgehead atoms. The number of nitrogens with zero attached hydrogens (tertiary/aromatic N) is 1. The van der Waals surface area contributed by atoms with E-state index in [1.807, 2.05) is 63.2 Å². The summed E-state index contributed by atoms with van der Waals surface area (Å²) in [6.07, 6.45) is -2.25. The zero-order chi connectivity index (χ0) is 23.9. The number of halogens is 2. The molecule has 0 radical (unpaired) electrons. The Morgan fingerprint density at radius 1 is 1.12 bits per heavy atom. The van der Waals surface area contributed by atoms with Crippen molar-refractivity contribution >= 4 is 55.9 Å². The number of carboxylic acid groups (broad SMARTS) is 1. The highest BCUT2D eigenvalue weighted by Crippen LogP contribution is 2.44. The van der Waals surface area contributed by atoms with Gasteiger partial charge in [-0.05, 0) is 50.3 Å². The van der Waals surface area contributed by atoms with Crippen molar-refractivity contribution in [3.63, 3.8) is 0 Å². The third kappa shape index (κ3) is 4.93. The number of carbonyl (C=O) groups excluding carboxylic acids is 1. The van der Waals surface area contributed by atoms with Gasteiger partial charge < -0.3 is 14.7 Å². The zero-order valence-electron chi connectivity index (χ0n) is 18.6. The molecule has 7 heteroatoms. The van der Waals surface area contributed by atoms with Crippen LogP contribution in [0.4, 0.5) is 5.69 Å². The standard InChI is InChI=1S/C26H25BrClNO4/c1-26(2,3)14-29-20-11-9-16(28)12-19(20)24(33-21(25(29)32)13-22(30)31)18-10-8-15-6-4-5-7-17(15)23(18)27/h4-12,21,24H,13-14H2,1-3H3,(H,30,31)/t21-,24-/m0/s1. The van der Waals surface area contributed by atoms with Gasteiger partial charge in [-0.2, -0.15) is 0 Å². The molecule has 0 saturated heterocycles. The molecule has 1 N–H and O–H groups in total. The molecular formula is C26H25BrClNO4. The predicted octanol–water partition coefficient (Wildman–Crippen LogP) is 6.60. The average Bonchev–Trinajstić information content (AvgIpc) is 2.83. The first kappa shape index (κ1) is 23.7. The number of fused-ring (bicyclic) bond motifs is 2. The number of carbonyl (C=O) groups is 2. The molecule has 0 aliphatic carbocycles. The third-order valence-corrected chi connectivity index (χ3v) is 6.69. The summed E-state index contributed by atoms with van der Waals surface area (Å²) >= 11 is 10.1. The van der Waals surface area contributed by atoms with E-state index in [2.05, 4.69) is 15.9 Å². The number of hydrogen-bond acceptors (Lipinski definition) is 3. The summed E-state index contributed by atoms with van der Waals surface area (Å²) in [5.74, 6) is -1.46. The van der Waals surface area contributed by atoms with Crippen LogP contribution in [-0.4, -0.2) is 29.6 Å². The van der Waals surface area contributed by atoms with Crippen molar-refractivity contribution in [2.24, 2.45) is 5.41 Å². The number of anilines is 1. The van der Waals surface area contributed by atoms with Gasteiger partial charge in [-0.3, -0.25) is 9.59 Å². The van der Waals surface area contributed by atoms with Crippen LogP contribution in [0.15, 0.2) is 59.1 Å². The molecule has 5 nitrogen and oxygen atoms in total. The maximum atomic E-state index is 13.6. The number of benzene rings is 3. The van der Waals surface area contributed by atoms with Crippen molar-refractivity contribution in [2.75, 3.05) is 11.4 Å². The fourth-order valence-electron chi connectivity index (χ4n) is 4.19. The molecule has 0 fully saturated rings. The van der Waals surface area contributed by atoms with Crippen molar-refractivity contribution < 1.29 is 19.4 Å². The number of hydrogen-bond donors (Lipinski definition) is 1. The van der Waals surface area contributed by atoms with Gasteiger partial charge >= 0.3 is 5.97 Å². The normalized spacial score (nSPS) is 18.8. The molecule has 4 rings (SSSR count). The first-order valence-corrected chi connectivity index (χ1v) is 11.9. The van der Waals surface area contributed by atoms with Crippen LogP contribution in [0.3, 0.4) is 0 Å². The molecule has 33 heavy (non-hydrogen) atoms. The lowest BCUT2D eigenvalue weighted by Gasteiger charge is -2.31. The van der Waals surface area contributed by atoms with Crippen molar-refractivity contribution in [1.82, 2.24) is 0 Å². The Balaban J connectivity index is 1.95. The average molecular weight is 531 g/mol. The molecular weight excluding hydrogens is 506 g/mol. The van der Waals surface area contributed by atoms with E-state index in [9.17, 15) is 14.7 Å². The van der Waals surface area contributed by atoms with E-state index >= 15 is 0 Å². The van der Waals surface area contributed by atoms with Crippen LogP contribution in [0, 0.1) is 5.41 Å². The summed E-state index contributed by atoms with van der Waals surface area (Å²) in [7, 11) is 0.